The summed E-state index contributed by atoms with van der Waals surface area (Å²) < 4.78 is 1.84. The first kappa shape index (κ1) is 14.7. The van der Waals surface area contributed by atoms with Crippen LogP contribution >= 0.6 is 0 Å². The Balaban J connectivity index is 1.78. The van der Waals surface area contributed by atoms with Crippen molar-refractivity contribution < 1.29 is 4.92 Å². The quantitative estimate of drug-likeness (QED) is 0.559. The number of pyridine rings is 1. The Morgan fingerprint density at radius 2 is 1.91 bits per heavy atom. The van der Waals surface area contributed by atoms with Crippen LogP contribution < -0.4 is 5.32 Å². The topological polar surface area (TPSA) is 85.9 Å². The summed E-state index contributed by atoms with van der Waals surface area (Å²) in [5.41, 5.74) is 2.11. The monoisotopic (exact) mass is 309 g/mol. The Hall–Kier alpha value is -3.22. The summed E-state index contributed by atoms with van der Waals surface area (Å²) in [6.45, 7) is 1.10. The maximum absolute atomic E-state index is 11.0. The van der Waals surface area contributed by atoms with Crippen LogP contribution in [0.1, 0.15) is 11.1 Å². The van der Waals surface area contributed by atoms with Crippen LogP contribution in [-0.2, 0) is 13.1 Å². The molecule has 0 unspecified atom stereocenters. The molecule has 3 aromatic rings. The number of nitrogens with zero attached hydrogens (tertiary/aromatic N) is 4. The molecule has 0 aliphatic rings. The Morgan fingerprint density at radius 1 is 1.09 bits per heavy atom. The normalized spacial score (nSPS) is 10.4. The molecule has 0 aliphatic carbocycles. The van der Waals surface area contributed by atoms with E-state index in [9.17, 15) is 10.1 Å². The average Bonchev–Trinajstić information content (AvgIpc) is 3.07. The van der Waals surface area contributed by atoms with Gasteiger partial charge in [-0.05, 0) is 23.3 Å². The van der Waals surface area contributed by atoms with Crippen LogP contribution in [0.4, 0.5) is 11.5 Å². The Labute approximate surface area is 132 Å². The zero-order valence-corrected chi connectivity index (χ0v) is 12.3. The number of hydrogen-bond acceptors (Lipinski definition) is 5. The summed E-state index contributed by atoms with van der Waals surface area (Å²) in [5, 5.41) is 18.3. The third-order valence-electron chi connectivity index (χ3n) is 3.44. The van der Waals surface area contributed by atoms with Gasteiger partial charge in [0.25, 0.3) is 0 Å². The number of rotatable bonds is 6. The number of aromatic nitrogens is 3. The first-order chi connectivity index (χ1) is 11.2. The van der Waals surface area contributed by atoms with Crippen LogP contribution in [0.15, 0.2) is 61.1 Å². The van der Waals surface area contributed by atoms with Gasteiger partial charge in [-0.1, -0.05) is 24.3 Å². The lowest BCUT2D eigenvalue weighted by Gasteiger charge is -2.11. The van der Waals surface area contributed by atoms with Crippen LogP contribution in [0.25, 0.3) is 0 Å². The Morgan fingerprint density at radius 3 is 2.65 bits per heavy atom. The molecule has 0 spiro atoms. The summed E-state index contributed by atoms with van der Waals surface area (Å²) in [7, 11) is 0. The van der Waals surface area contributed by atoms with Gasteiger partial charge in [0.2, 0.25) is 5.82 Å². The molecule has 0 bridgehead atoms. The number of benzene rings is 1. The third-order valence-corrected chi connectivity index (χ3v) is 3.44. The zero-order valence-electron chi connectivity index (χ0n) is 12.3. The van der Waals surface area contributed by atoms with Gasteiger partial charge in [-0.15, -0.1) is 0 Å². The number of anilines is 1. The van der Waals surface area contributed by atoms with Crippen LogP contribution in [0.5, 0.6) is 0 Å². The van der Waals surface area contributed by atoms with Crippen molar-refractivity contribution >= 4 is 11.5 Å². The van der Waals surface area contributed by atoms with Crippen molar-refractivity contribution in [1.29, 1.82) is 0 Å². The van der Waals surface area contributed by atoms with Crippen LogP contribution in [-0.4, -0.2) is 19.7 Å². The molecule has 0 saturated heterocycles. The molecule has 7 nitrogen and oxygen atoms in total. The van der Waals surface area contributed by atoms with Crippen molar-refractivity contribution in [2.75, 3.05) is 5.32 Å². The van der Waals surface area contributed by atoms with Crippen molar-refractivity contribution in [3.63, 3.8) is 0 Å². The van der Waals surface area contributed by atoms with E-state index in [1.165, 1.54) is 12.3 Å². The molecule has 7 heteroatoms. The standard InChI is InChI=1S/C16H15N5O2/c22-21(23)15-7-3-8-17-16(15)18-11-13-5-1-2-6-14(13)12-20-10-4-9-19-20/h1-10H,11-12H2,(H,17,18). The van der Waals surface area contributed by atoms with Crippen molar-refractivity contribution in [3.05, 3.63) is 82.3 Å². The minimum absolute atomic E-state index is 0.0305. The molecule has 0 atom stereocenters. The molecule has 0 fully saturated rings. The fraction of sp³-hybridized carbons (Fsp3) is 0.125. The number of hydrogen-bond donors (Lipinski definition) is 1. The summed E-state index contributed by atoms with van der Waals surface area (Å²) in [6, 6.07) is 12.8. The molecule has 2 heterocycles. The van der Waals surface area contributed by atoms with E-state index in [0.29, 0.717) is 13.1 Å². The molecule has 3 rings (SSSR count). The maximum atomic E-state index is 11.0. The van der Waals surface area contributed by atoms with Gasteiger partial charge in [0, 0.05) is 31.2 Å². The lowest BCUT2D eigenvalue weighted by molar-refractivity contribution is -0.384. The molecular formula is C16H15N5O2. The molecule has 0 radical (unpaired) electrons. The fourth-order valence-electron chi connectivity index (χ4n) is 2.31. The van der Waals surface area contributed by atoms with Crippen LogP contribution in [0.2, 0.25) is 0 Å². The predicted octanol–water partition coefficient (Wildman–Crippen LogP) is 2.85. The number of nitro groups is 1. The molecule has 1 N–H and O–H groups in total. The highest BCUT2D eigenvalue weighted by Gasteiger charge is 2.14. The van der Waals surface area contributed by atoms with Crippen molar-refractivity contribution in [2.45, 2.75) is 13.1 Å². The minimum atomic E-state index is -0.440. The van der Waals surface area contributed by atoms with E-state index >= 15 is 0 Å². The smallest absolute Gasteiger partial charge is 0.311 e. The molecular weight excluding hydrogens is 294 g/mol. The van der Waals surface area contributed by atoms with Gasteiger partial charge in [-0.25, -0.2) is 4.98 Å². The largest absolute Gasteiger partial charge is 0.360 e. The first-order valence-electron chi connectivity index (χ1n) is 7.11. The highest BCUT2D eigenvalue weighted by molar-refractivity contribution is 5.55. The molecule has 23 heavy (non-hydrogen) atoms. The minimum Gasteiger partial charge on any atom is -0.360 e. The van der Waals surface area contributed by atoms with Gasteiger partial charge in [-0.3, -0.25) is 14.8 Å². The van der Waals surface area contributed by atoms with E-state index in [4.69, 9.17) is 0 Å². The van der Waals surface area contributed by atoms with Gasteiger partial charge < -0.3 is 5.32 Å². The van der Waals surface area contributed by atoms with Gasteiger partial charge in [-0.2, -0.15) is 5.10 Å². The van der Waals surface area contributed by atoms with Crippen LogP contribution in [0.3, 0.4) is 0 Å². The molecule has 0 amide bonds. The molecule has 2 aromatic heterocycles. The first-order valence-corrected chi connectivity index (χ1v) is 7.11. The van der Waals surface area contributed by atoms with E-state index in [1.54, 1.807) is 12.3 Å². The van der Waals surface area contributed by atoms with Gasteiger partial charge in [0.15, 0.2) is 0 Å². The SMILES string of the molecule is O=[N+]([O-])c1cccnc1NCc1ccccc1Cn1cccn1. The summed E-state index contributed by atoms with van der Waals surface area (Å²) in [4.78, 5) is 14.6. The van der Waals surface area contributed by atoms with Crippen molar-refractivity contribution in [2.24, 2.45) is 0 Å². The number of nitrogens with one attached hydrogen (secondary N) is 1. The summed E-state index contributed by atoms with van der Waals surface area (Å²) in [5.74, 6) is 0.270. The Bertz CT molecular complexity index is 802. The maximum Gasteiger partial charge on any atom is 0.311 e. The highest BCUT2D eigenvalue weighted by atomic mass is 16.6. The van der Waals surface area contributed by atoms with E-state index in [-0.39, 0.29) is 11.5 Å². The van der Waals surface area contributed by atoms with E-state index in [1.807, 2.05) is 41.2 Å². The van der Waals surface area contributed by atoms with E-state index in [2.05, 4.69) is 15.4 Å². The lowest BCUT2D eigenvalue weighted by atomic mass is 10.1. The second-order valence-electron chi connectivity index (χ2n) is 4.95. The molecule has 1 aromatic carbocycles. The second kappa shape index (κ2) is 6.69. The van der Waals surface area contributed by atoms with Gasteiger partial charge in [0.05, 0.1) is 11.5 Å². The summed E-state index contributed by atoms with van der Waals surface area (Å²) in [6.07, 6.45) is 5.16. The zero-order chi connectivity index (χ0) is 16.1. The van der Waals surface area contributed by atoms with E-state index in [0.717, 1.165) is 11.1 Å². The highest BCUT2D eigenvalue weighted by Crippen LogP contribution is 2.21. The molecule has 0 aliphatic heterocycles. The van der Waals surface area contributed by atoms with Crippen molar-refractivity contribution in [1.82, 2.24) is 14.8 Å². The second-order valence-corrected chi connectivity index (χ2v) is 4.95. The van der Waals surface area contributed by atoms with E-state index < -0.39 is 4.92 Å². The van der Waals surface area contributed by atoms with Gasteiger partial charge >= 0.3 is 5.69 Å². The van der Waals surface area contributed by atoms with Gasteiger partial charge in [0.1, 0.15) is 0 Å². The lowest BCUT2D eigenvalue weighted by Crippen LogP contribution is -2.08. The van der Waals surface area contributed by atoms with Crippen LogP contribution in [0, 0.1) is 10.1 Å². The third kappa shape index (κ3) is 3.52. The Kier molecular flexibility index (Phi) is 4.28. The predicted molar refractivity (Wildman–Crippen MR) is 86.0 cm³/mol. The fourth-order valence-corrected chi connectivity index (χ4v) is 2.31. The molecule has 0 saturated carbocycles. The average molecular weight is 309 g/mol. The van der Waals surface area contributed by atoms with Crippen molar-refractivity contribution in [3.8, 4) is 0 Å². The summed E-state index contributed by atoms with van der Waals surface area (Å²) >= 11 is 0. The molecule has 116 valence electrons.